The second-order valence-electron chi connectivity index (χ2n) is 6.30. The van der Waals surface area contributed by atoms with E-state index in [0.29, 0.717) is 22.8 Å². The Labute approximate surface area is 125 Å². The fraction of sp³-hybridized carbons (Fsp3) is 0.867. The zero-order valence-corrected chi connectivity index (χ0v) is 13.4. The average Bonchev–Trinajstić information content (AvgIpc) is 2.81. The minimum absolute atomic E-state index is 0.0763. The standard InChI is InChI=1S/C15H25NO3S/c1-4-11-5-12(13(6-11)15(18)19)14(17)16-7-9(2)20-10(3)8-16/h9-13H,4-8H2,1-3H3,(H,18,19)/t9?,10?,11?,12-,13+/m0/s1. The highest BCUT2D eigenvalue weighted by Crippen LogP contribution is 2.40. The molecule has 114 valence electrons. The van der Waals surface area contributed by atoms with Crippen molar-refractivity contribution in [3.63, 3.8) is 0 Å². The summed E-state index contributed by atoms with van der Waals surface area (Å²) in [4.78, 5) is 26.0. The van der Waals surface area contributed by atoms with Crippen LogP contribution < -0.4 is 0 Å². The van der Waals surface area contributed by atoms with Crippen molar-refractivity contribution in [2.75, 3.05) is 13.1 Å². The van der Waals surface area contributed by atoms with Gasteiger partial charge in [-0.1, -0.05) is 27.2 Å². The van der Waals surface area contributed by atoms with Gasteiger partial charge in [0.15, 0.2) is 0 Å². The molecule has 0 bridgehead atoms. The summed E-state index contributed by atoms with van der Waals surface area (Å²) in [5.74, 6) is -1.12. The second-order valence-corrected chi connectivity index (χ2v) is 8.18. The van der Waals surface area contributed by atoms with Gasteiger partial charge in [-0.25, -0.2) is 0 Å². The minimum atomic E-state index is -0.799. The first-order valence-electron chi connectivity index (χ1n) is 7.59. The lowest BCUT2D eigenvalue weighted by atomic mass is 9.94. The molecular weight excluding hydrogens is 274 g/mol. The van der Waals surface area contributed by atoms with E-state index in [9.17, 15) is 14.7 Å². The van der Waals surface area contributed by atoms with E-state index in [2.05, 4.69) is 20.8 Å². The summed E-state index contributed by atoms with van der Waals surface area (Å²) in [6, 6.07) is 0. The number of rotatable bonds is 3. The van der Waals surface area contributed by atoms with Crippen LogP contribution in [0.2, 0.25) is 0 Å². The minimum Gasteiger partial charge on any atom is -0.481 e. The third-order valence-electron chi connectivity index (χ3n) is 4.60. The van der Waals surface area contributed by atoms with Crippen LogP contribution in [-0.4, -0.2) is 45.5 Å². The maximum atomic E-state index is 12.7. The normalized spacial score (nSPS) is 38.0. The van der Waals surface area contributed by atoms with Crippen LogP contribution in [0.15, 0.2) is 0 Å². The van der Waals surface area contributed by atoms with Crippen molar-refractivity contribution in [3.05, 3.63) is 0 Å². The van der Waals surface area contributed by atoms with Gasteiger partial charge in [0, 0.05) is 23.6 Å². The molecule has 3 unspecified atom stereocenters. The van der Waals surface area contributed by atoms with Crippen LogP contribution in [0, 0.1) is 17.8 Å². The first-order valence-corrected chi connectivity index (χ1v) is 8.53. The Balaban J connectivity index is 2.08. The third-order valence-corrected chi connectivity index (χ3v) is 5.83. The predicted molar refractivity (Wildman–Crippen MR) is 80.7 cm³/mol. The fourth-order valence-corrected chi connectivity index (χ4v) is 4.94. The Bertz CT molecular complexity index is 377. The Morgan fingerprint density at radius 1 is 1.15 bits per heavy atom. The summed E-state index contributed by atoms with van der Waals surface area (Å²) in [7, 11) is 0. The van der Waals surface area contributed by atoms with E-state index >= 15 is 0 Å². The number of hydrogen-bond acceptors (Lipinski definition) is 3. The van der Waals surface area contributed by atoms with Crippen LogP contribution in [0.1, 0.15) is 40.0 Å². The molecule has 1 N–H and O–H groups in total. The lowest BCUT2D eigenvalue weighted by Gasteiger charge is -2.36. The van der Waals surface area contributed by atoms with E-state index < -0.39 is 11.9 Å². The zero-order chi connectivity index (χ0) is 14.9. The molecule has 0 spiro atoms. The van der Waals surface area contributed by atoms with Crippen molar-refractivity contribution in [2.45, 2.75) is 50.5 Å². The predicted octanol–water partition coefficient (Wildman–Crippen LogP) is 2.48. The molecule has 5 heteroatoms. The molecule has 1 aliphatic heterocycles. The first-order chi connectivity index (χ1) is 9.42. The molecule has 0 aromatic rings. The van der Waals surface area contributed by atoms with Gasteiger partial charge in [-0.3, -0.25) is 9.59 Å². The van der Waals surface area contributed by atoms with Gasteiger partial charge in [0.05, 0.1) is 11.8 Å². The highest BCUT2D eigenvalue weighted by molar-refractivity contribution is 8.00. The zero-order valence-electron chi connectivity index (χ0n) is 12.5. The molecule has 1 amide bonds. The number of carboxylic acid groups (broad SMARTS) is 1. The number of thioether (sulfide) groups is 1. The number of amides is 1. The third kappa shape index (κ3) is 3.30. The number of carboxylic acids is 1. The van der Waals surface area contributed by atoms with Gasteiger partial charge in [-0.2, -0.15) is 11.8 Å². The number of carbonyl (C=O) groups is 2. The van der Waals surface area contributed by atoms with Gasteiger partial charge in [-0.05, 0) is 18.8 Å². The van der Waals surface area contributed by atoms with Crippen molar-refractivity contribution in [3.8, 4) is 0 Å². The molecule has 2 aliphatic rings. The van der Waals surface area contributed by atoms with Gasteiger partial charge in [0.25, 0.3) is 0 Å². The molecule has 2 rings (SSSR count). The Hall–Kier alpha value is -0.710. The van der Waals surface area contributed by atoms with E-state index in [1.54, 1.807) is 0 Å². The van der Waals surface area contributed by atoms with Crippen molar-refractivity contribution in [1.82, 2.24) is 4.90 Å². The second kappa shape index (κ2) is 6.37. The van der Waals surface area contributed by atoms with Gasteiger partial charge in [0.2, 0.25) is 5.91 Å². The van der Waals surface area contributed by atoms with Gasteiger partial charge in [0.1, 0.15) is 0 Å². The van der Waals surface area contributed by atoms with E-state index in [1.165, 1.54) is 0 Å². The molecule has 1 saturated heterocycles. The Morgan fingerprint density at radius 3 is 2.20 bits per heavy atom. The lowest BCUT2D eigenvalue weighted by molar-refractivity contribution is -0.149. The highest BCUT2D eigenvalue weighted by atomic mass is 32.2. The maximum Gasteiger partial charge on any atom is 0.307 e. The smallest absolute Gasteiger partial charge is 0.307 e. The lowest BCUT2D eigenvalue weighted by Crippen LogP contribution is -2.47. The molecule has 1 aliphatic carbocycles. The average molecular weight is 299 g/mol. The van der Waals surface area contributed by atoms with Crippen LogP contribution in [0.4, 0.5) is 0 Å². The van der Waals surface area contributed by atoms with Crippen molar-refractivity contribution < 1.29 is 14.7 Å². The summed E-state index contributed by atoms with van der Waals surface area (Å²) in [5.41, 5.74) is 0. The fourth-order valence-electron chi connectivity index (χ4n) is 3.61. The van der Waals surface area contributed by atoms with Crippen molar-refractivity contribution >= 4 is 23.6 Å². The quantitative estimate of drug-likeness (QED) is 0.870. The maximum absolute atomic E-state index is 12.7. The van der Waals surface area contributed by atoms with Crippen LogP contribution in [0.5, 0.6) is 0 Å². The summed E-state index contributed by atoms with van der Waals surface area (Å²) >= 11 is 1.91. The molecule has 0 aromatic heterocycles. The molecule has 20 heavy (non-hydrogen) atoms. The van der Waals surface area contributed by atoms with E-state index in [0.717, 1.165) is 25.9 Å². The van der Waals surface area contributed by atoms with Gasteiger partial charge < -0.3 is 10.0 Å². The van der Waals surface area contributed by atoms with Gasteiger partial charge >= 0.3 is 5.97 Å². The number of carbonyl (C=O) groups excluding carboxylic acids is 1. The van der Waals surface area contributed by atoms with E-state index in [-0.39, 0.29) is 11.8 Å². The van der Waals surface area contributed by atoms with E-state index in [4.69, 9.17) is 0 Å². The molecule has 1 saturated carbocycles. The molecule has 4 nitrogen and oxygen atoms in total. The topological polar surface area (TPSA) is 57.6 Å². The molecule has 5 atom stereocenters. The van der Waals surface area contributed by atoms with E-state index in [1.807, 2.05) is 16.7 Å². The molecule has 0 radical (unpaired) electrons. The van der Waals surface area contributed by atoms with Crippen molar-refractivity contribution in [2.24, 2.45) is 17.8 Å². The molecule has 1 heterocycles. The first kappa shape index (κ1) is 15.7. The number of nitrogens with zero attached hydrogens (tertiary/aromatic N) is 1. The number of hydrogen-bond donors (Lipinski definition) is 1. The summed E-state index contributed by atoms with van der Waals surface area (Å²) in [6.45, 7) is 7.87. The molecule has 0 aromatic carbocycles. The monoisotopic (exact) mass is 299 g/mol. The van der Waals surface area contributed by atoms with Crippen LogP contribution >= 0.6 is 11.8 Å². The summed E-state index contributed by atoms with van der Waals surface area (Å²) < 4.78 is 0. The highest BCUT2D eigenvalue weighted by Gasteiger charge is 2.44. The van der Waals surface area contributed by atoms with Crippen LogP contribution in [0.25, 0.3) is 0 Å². The Kier molecular flexibility index (Phi) is 4.99. The largest absolute Gasteiger partial charge is 0.481 e. The van der Waals surface area contributed by atoms with Crippen LogP contribution in [0.3, 0.4) is 0 Å². The number of aliphatic carboxylic acids is 1. The summed E-state index contributed by atoms with van der Waals surface area (Å²) in [6.07, 6.45) is 2.38. The molecular formula is C15H25NO3S. The summed E-state index contributed by atoms with van der Waals surface area (Å²) in [5, 5.41) is 10.3. The SMILES string of the molecule is CCC1C[C@H](C(=O)N2CC(C)SC(C)C2)[C@H](C(=O)O)C1. The van der Waals surface area contributed by atoms with Gasteiger partial charge in [-0.15, -0.1) is 0 Å². The van der Waals surface area contributed by atoms with Crippen LogP contribution in [-0.2, 0) is 9.59 Å². The molecule has 2 fully saturated rings. The Morgan fingerprint density at radius 2 is 1.70 bits per heavy atom. The van der Waals surface area contributed by atoms with Crippen molar-refractivity contribution in [1.29, 1.82) is 0 Å².